The van der Waals surface area contributed by atoms with Crippen molar-refractivity contribution in [2.75, 3.05) is 18.5 Å². The third-order valence-corrected chi connectivity index (χ3v) is 1.72. The van der Waals surface area contributed by atoms with Crippen LogP contribution >= 0.6 is 0 Å². The molecule has 0 unspecified atom stereocenters. The van der Waals surface area contributed by atoms with E-state index in [1.165, 1.54) is 6.20 Å². The van der Waals surface area contributed by atoms with Crippen LogP contribution in [0.25, 0.3) is 0 Å². The fraction of sp³-hybridized carbons (Fsp3) is 0.500. The summed E-state index contributed by atoms with van der Waals surface area (Å²) in [6, 6.07) is 3.39. The molecule has 0 aliphatic heterocycles. The SMILES string of the molecule is CCNc1ccc(COCC(F)(F)F)cn1. The average molecular weight is 234 g/mol. The van der Waals surface area contributed by atoms with Gasteiger partial charge in [0.15, 0.2) is 0 Å². The van der Waals surface area contributed by atoms with E-state index >= 15 is 0 Å². The zero-order valence-corrected chi connectivity index (χ0v) is 8.84. The van der Waals surface area contributed by atoms with Crippen LogP contribution in [0.4, 0.5) is 19.0 Å². The number of hydrogen-bond acceptors (Lipinski definition) is 3. The highest BCUT2D eigenvalue weighted by Crippen LogP contribution is 2.15. The van der Waals surface area contributed by atoms with Crippen molar-refractivity contribution in [2.45, 2.75) is 19.7 Å². The molecular weight excluding hydrogens is 221 g/mol. The Balaban J connectivity index is 2.37. The molecule has 6 heteroatoms. The molecule has 1 aromatic rings. The van der Waals surface area contributed by atoms with E-state index in [4.69, 9.17) is 0 Å². The quantitative estimate of drug-likeness (QED) is 0.850. The second kappa shape index (κ2) is 5.69. The third kappa shape index (κ3) is 4.97. The normalized spacial score (nSPS) is 11.5. The van der Waals surface area contributed by atoms with Crippen LogP contribution in [0.2, 0.25) is 0 Å². The molecule has 0 radical (unpaired) electrons. The van der Waals surface area contributed by atoms with Crippen LogP contribution in [0.15, 0.2) is 18.3 Å². The smallest absolute Gasteiger partial charge is 0.370 e. The van der Waals surface area contributed by atoms with Crippen LogP contribution in [0, 0.1) is 0 Å². The van der Waals surface area contributed by atoms with Gasteiger partial charge in [0.05, 0.1) is 6.61 Å². The van der Waals surface area contributed by atoms with Gasteiger partial charge < -0.3 is 10.1 Å². The van der Waals surface area contributed by atoms with Crippen LogP contribution in [0.5, 0.6) is 0 Å². The van der Waals surface area contributed by atoms with Crippen LogP contribution in [-0.2, 0) is 11.3 Å². The van der Waals surface area contributed by atoms with Crippen LogP contribution in [-0.4, -0.2) is 24.3 Å². The summed E-state index contributed by atoms with van der Waals surface area (Å²) in [7, 11) is 0. The lowest BCUT2D eigenvalue weighted by Gasteiger charge is -2.08. The molecule has 1 rings (SSSR count). The highest BCUT2D eigenvalue weighted by molar-refractivity contribution is 5.34. The van der Waals surface area contributed by atoms with Gasteiger partial charge in [-0.2, -0.15) is 13.2 Å². The predicted octanol–water partition coefficient (Wildman–Crippen LogP) is 2.59. The van der Waals surface area contributed by atoms with Crippen molar-refractivity contribution in [3.8, 4) is 0 Å². The zero-order chi connectivity index (χ0) is 12.0. The molecule has 0 aliphatic carbocycles. The van der Waals surface area contributed by atoms with Crippen molar-refractivity contribution in [2.24, 2.45) is 0 Å². The zero-order valence-electron chi connectivity index (χ0n) is 8.84. The van der Waals surface area contributed by atoms with Crippen molar-refractivity contribution in [1.29, 1.82) is 0 Å². The number of pyridine rings is 1. The number of anilines is 1. The molecule has 90 valence electrons. The minimum Gasteiger partial charge on any atom is -0.370 e. The Morgan fingerprint density at radius 2 is 2.12 bits per heavy atom. The molecule has 3 nitrogen and oxygen atoms in total. The van der Waals surface area contributed by atoms with Crippen LogP contribution in [0.3, 0.4) is 0 Å². The lowest BCUT2D eigenvalue weighted by atomic mass is 10.3. The van der Waals surface area contributed by atoms with Gasteiger partial charge in [0, 0.05) is 12.7 Å². The summed E-state index contributed by atoms with van der Waals surface area (Å²) in [5, 5.41) is 2.98. The Kier molecular flexibility index (Phi) is 4.54. The molecule has 0 aromatic carbocycles. The summed E-state index contributed by atoms with van der Waals surface area (Å²) in [6.07, 6.45) is -2.79. The largest absolute Gasteiger partial charge is 0.411 e. The van der Waals surface area contributed by atoms with Crippen molar-refractivity contribution in [3.05, 3.63) is 23.9 Å². The van der Waals surface area contributed by atoms with Crippen molar-refractivity contribution in [3.63, 3.8) is 0 Å². The van der Waals surface area contributed by atoms with Gasteiger partial charge in [0.1, 0.15) is 12.4 Å². The first-order valence-corrected chi connectivity index (χ1v) is 4.84. The van der Waals surface area contributed by atoms with Crippen LogP contribution < -0.4 is 5.32 Å². The van der Waals surface area contributed by atoms with Gasteiger partial charge in [0.2, 0.25) is 0 Å². The fourth-order valence-electron chi connectivity index (χ4n) is 1.08. The lowest BCUT2D eigenvalue weighted by molar-refractivity contribution is -0.176. The molecule has 0 atom stereocenters. The maximum atomic E-state index is 11.8. The molecular formula is C10H13F3N2O. The summed E-state index contributed by atoms with van der Waals surface area (Å²) in [5.41, 5.74) is 0.617. The molecule has 0 saturated heterocycles. The molecule has 16 heavy (non-hydrogen) atoms. The predicted molar refractivity (Wildman–Crippen MR) is 54.1 cm³/mol. The number of hydrogen-bond donors (Lipinski definition) is 1. The van der Waals surface area contributed by atoms with E-state index in [2.05, 4.69) is 15.0 Å². The van der Waals surface area contributed by atoms with Gasteiger partial charge in [0.25, 0.3) is 0 Å². The summed E-state index contributed by atoms with van der Waals surface area (Å²) in [4.78, 5) is 4.01. The van der Waals surface area contributed by atoms with E-state index in [0.29, 0.717) is 11.4 Å². The van der Waals surface area contributed by atoms with E-state index in [0.717, 1.165) is 6.54 Å². The van der Waals surface area contributed by atoms with E-state index in [1.54, 1.807) is 12.1 Å². The van der Waals surface area contributed by atoms with Gasteiger partial charge in [-0.3, -0.25) is 0 Å². The highest BCUT2D eigenvalue weighted by Gasteiger charge is 2.27. The molecule has 0 saturated carbocycles. The molecule has 0 fully saturated rings. The van der Waals surface area contributed by atoms with Gasteiger partial charge in [-0.1, -0.05) is 6.07 Å². The number of halogens is 3. The van der Waals surface area contributed by atoms with E-state index < -0.39 is 12.8 Å². The Morgan fingerprint density at radius 1 is 1.38 bits per heavy atom. The van der Waals surface area contributed by atoms with E-state index in [1.807, 2.05) is 6.92 Å². The van der Waals surface area contributed by atoms with Gasteiger partial charge >= 0.3 is 6.18 Å². The molecule has 0 bridgehead atoms. The van der Waals surface area contributed by atoms with Gasteiger partial charge in [-0.05, 0) is 18.6 Å². The van der Waals surface area contributed by atoms with Crippen LogP contribution in [0.1, 0.15) is 12.5 Å². The van der Waals surface area contributed by atoms with Crippen molar-refractivity contribution < 1.29 is 17.9 Å². The maximum absolute atomic E-state index is 11.8. The maximum Gasteiger partial charge on any atom is 0.411 e. The summed E-state index contributed by atoms with van der Waals surface area (Å²) in [6.45, 7) is 1.36. The summed E-state index contributed by atoms with van der Waals surface area (Å²) in [5.74, 6) is 0.696. The first-order chi connectivity index (χ1) is 7.51. The van der Waals surface area contributed by atoms with E-state index in [9.17, 15) is 13.2 Å². The summed E-state index contributed by atoms with van der Waals surface area (Å²) < 4.78 is 39.8. The number of alkyl halides is 3. The highest BCUT2D eigenvalue weighted by atomic mass is 19.4. The Bertz CT molecular complexity index is 311. The minimum absolute atomic E-state index is 0.0844. The molecule has 1 N–H and O–H groups in total. The molecule has 0 spiro atoms. The topological polar surface area (TPSA) is 34.1 Å². The monoisotopic (exact) mass is 234 g/mol. The molecule has 0 amide bonds. The first kappa shape index (κ1) is 12.8. The minimum atomic E-state index is -4.28. The molecule has 0 aliphatic rings. The van der Waals surface area contributed by atoms with Crippen molar-refractivity contribution in [1.82, 2.24) is 4.98 Å². The average Bonchev–Trinajstić information content (AvgIpc) is 2.19. The number of nitrogens with zero attached hydrogens (tertiary/aromatic N) is 1. The first-order valence-electron chi connectivity index (χ1n) is 4.84. The standard InChI is InChI=1S/C10H13F3N2O/c1-2-14-9-4-3-8(5-15-9)6-16-7-10(11,12)13/h3-5H,2,6-7H2,1H3,(H,14,15). The Morgan fingerprint density at radius 3 is 2.62 bits per heavy atom. The second-order valence-electron chi connectivity index (χ2n) is 3.19. The Labute approximate surface area is 91.6 Å². The lowest BCUT2D eigenvalue weighted by Crippen LogP contribution is -2.16. The Hall–Kier alpha value is -1.30. The number of nitrogens with one attached hydrogen (secondary N) is 1. The second-order valence-corrected chi connectivity index (χ2v) is 3.19. The number of rotatable bonds is 5. The number of aromatic nitrogens is 1. The molecule has 1 aromatic heterocycles. The number of ether oxygens (including phenoxy) is 1. The van der Waals surface area contributed by atoms with Gasteiger partial charge in [-0.15, -0.1) is 0 Å². The molecule has 1 heterocycles. The fourth-order valence-corrected chi connectivity index (χ4v) is 1.08. The third-order valence-electron chi connectivity index (χ3n) is 1.72. The van der Waals surface area contributed by atoms with E-state index in [-0.39, 0.29) is 6.61 Å². The van der Waals surface area contributed by atoms with Crippen molar-refractivity contribution >= 4 is 5.82 Å². The van der Waals surface area contributed by atoms with Gasteiger partial charge in [-0.25, -0.2) is 4.98 Å². The summed E-state index contributed by atoms with van der Waals surface area (Å²) >= 11 is 0.